The molecule has 2 aromatic heterocycles. The van der Waals surface area contributed by atoms with E-state index < -0.39 is 0 Å². The largest absolute Gasteiger partial charge is 0.481 e. The number of imidazole rings is 1. The minimum absolute atomic E-state index is 0.629. The van der Waals surface area contributed by atoms with E-state index in [-0.39, 0.29) is 0 Å². The molecule has 3 rings (SSSR count). The maximum atomic E-state index is 5.12. The average Bonchev–Trinajstić information content (AvgIpc) is 2.84. The second-order valence-corrected chi connectivity index (χ2v) is 4.58. The molecule has 0 unspecified atom stereocenters. The fourth-order valence-corrected chi connectivity index (χ4v) is 2.11. The topological polar surface area (TPSA) is 62.8 Å². The summed E-state index contributed by atoms with van der Waals surface area (Å²) >= 11 is 0. The van der Waals surface area contributed by atoms with Gasteiger partial charge in [0.15, 0.2) is 0 Å². The number of pyridine rings is 1. The molecular weight excluding hydrogens is 252 g/mol. The second-order valence-electron chi connectivity index (χ2n) is 4.58. The van der Waals surface area contributed by atoms with Crippen LogP contribution < -0.4 is 10.1 Å². The van der Waals surface area contributed by atoms with E-state index in [1.54, 1.807) is 7.11 Å². The van der Waals surface area contributed by atoms with Gasteiger partial charge in [-0.3, -0.25) is 0 Å². The standard InChI is InChI=1S/C15H16N4O/c1-10-17-13-7-6-11(8-14(13)18-10)16-9-12-4-3-5-15(19-12)20-2/h3-8,16H,9H2,1-2H3,(H,17,18). The fraction of sp³-hybridized carbons (Fsp3) is 0.200. The van der Waals surface area contributed by atoms with Crippen LogP contribution in [0.2, 0.25) is 0 Å². The lowest BCUT2D eigenvalue weighted by Gasteiger charge is -2.07. The highest BCUT2D eigenvalue weighted by Crippen LogP contribution is 2.18. The molecule has 0 bridgehead atoms. The van der Waals surface area contributed by atoms with Gasteiger partial charge in [0.05, 0.1) is 30.4 Å². The SMILES string of the molecule is COc1cccc(CNc2ccc3nc(C)[nH]c3c2)n1. The summed E-state index contributed by atoms with van der Waals surface area (Å²) in [7, 11) is 1.62. The Morgan fingerprint density at radius 3 is 2.95 bits per heavy atom. The molecule has 3 aromatic rings. The van der Waals surface area contributed by atoms with Crippen molar-refractivity contribution in [2.75, 3.05) is 12.4 Å². The van der Waals surface area contributed by atoms with Crippen molar-refractivity contribution >= 4 is 16.7 Å². The third-order valence-corrected chi connectivity index (χ3v) is 3.06. The average molecular weight is 268 g/mol. The molecule has 20 heavy (non-hydrogen) atoms. The van der Waals surface area contributed by atoms with Gasteiger partial charge in [0.1, 0.15) is 5.82 Å². The Hall–Kier alpha value is -2.56. The first-order valence-corrected chi connectivity index (χ1v) is 6.45. The third kappa shape index (κ3) is 2.56. The lowest BCUT2D eigenvalue weighted by Crippen LogP contribution is -2.02. The number of H-pyrrole nitrogens is 1. The Balaban J connectivity index is 1.75. The van der Waals surface area contributed by atoms with E-state index in [4.69, 9.17) is 4.74 Å². The molecule has 0 saturated carbocycles. The summed E-state index contributed by atoms with van der Waals surface area (Å²) < 4.78 is 5.12. The number of methoxy groups -OCH3 is 1. The lowest BCUT2D eigenvalue weighted by molar-refractivity contribution is 0.396. The van der Waals surface area contributed by atoms with Crippen LogP contribution in [0.25, 0.3) is 11.0 Å². The van der Waals surface area contributed by atoms with Gasteiger partial charge in [-0.2, -0.15) is 0 Å². The van der Waals surface area contributed by atoms with Crippen molar-refractivity contribution in [3.05, 3.63) is 47.9 Å². The zero-order valence-corrected chi connectivity index (χ0v) is 11.5. The van der Waals surface area contributed by atoms with E-state index in [1.807, 2.05) is 37.3 Å². The summed E-state index contributed by atoms with van der Waals surface area (Å²) in [6, 6.07) is 11.8. The van der Waals surface area contributed by atoms with Crippen molar-refractivity contribution < 1.29 is 4.74 Å². The van der Waals surface area contributed by atoms with Crippen molar-refractivity contribution in [2.45, 2.75) is 13.5 Å². The summed E-state index contributed by atoms with van der Waals surface area (Å²) in [4.78, 5) is 12.0. The molecule has 0 aliphatic heterocycles. The number of aryl methyl sites for hydroxylation is 1. The Labute approximate surface area is 117 Å². The van der Waals surface area contributed by atoms with Crippen molar-refractivity contribution in [2.24, 2.45) is 0 Å². The summed E-state index contributed by atoms with van der Waals surface area (Å²) in [6.45, 7) is 2.60. The van der Waals surface area contributed by atoms with E-state index in [0.717, 1.165) is 28.2 Å². The number of hydrogen-bond donors (Lipinski definition) is 2. The Morgan fingerprint density at radius 1 is 1.20 bits per heavy atom. The van der Waals surface area contributed by atoms with E-state index in [2.05, 4.69) is 26.3 Å². The second kappa shape index (κ2) is 5.21. The number of ether oxygens (including phenoxy) is 1. The molecule has 0 radical (unpaired) electrons. The van der Waals surface area contributed by atoms with Crippen LogP contribution in [0.1, 0.15) is 11.5 Å². The van der Waals surface area contributed by atoms with E-state index in [1.165, 1.54) is 0 Å². The summed E-state index contributed by atoms with van der Waals surface area (Å²) in [5.41, 5.74) is 3.98. The van der Waals surface area contributed by atoms with Gasteiger partial charge in [0.25, 0.3) is 0 Å². The molecule has 0 amide bonds. The van der Waals surface area contributed by atoms with Crippen LogP contribution in [0.15, 0.2) is 36.4 Å². The van der Waals surface area contributed by atoms with Crippen LogP contribution in [-0.2, 0) is 6.54 Å². The predicted molar refractivity (Wildman–Crippen MR) is 78.9 cm³/mol. The van der Waals surface area contributed by atoms with Crippen LogP contribution in [0.3, 0.4) is 0 Å². The molecule has 2 N–H and O–H groups in total. The van der Waals surface area contributed by atoms with Crippen molar-refractivity contribution in [1.29, 1.82) is 0 Å². The van der Waals surface area contributed by atoms with Gasteiger partial charge in [-0.25, -0.2) is 9.97 Å². The normalized spacial score (nSPS) is 10.7. The Kier molecular flexibility index (Phi) is 3.25. The van der Waals surface area contributed by atoms with Gasteiger partial charge in [-0.15, -0.1) is 0 Å². The van der Waals surface area contributed by atoms with E-state index in [0.29, 0.717) is 12.4 Å². The molecule has 5 nitrogen and oxygen atoms in total. The molecule has 102 valence electrons. The lowest BCUT2D eigenvalue weighted by atomic mass is 10.2. The number of nitrogens with zero attached hydrogens (tertiary/aromatic N) is 2. The van der Waals surface area contributed by atoms with Gasteiger partial charge >= 0.3 is 0 Å². The number of fused-ring (bicyclic) bond motifs is 1. The van der Waals surface area contributed by atoms with Crippen LogP contribution >= 0.6 is 0 Å². The number of benzene rings is 1. The van der Waals surface area contributed by atoms with Crippen LogP contribution in [0.4, 0.5) is 5.69 Å². The summed E-state index contributed by atoms with van der Waals surface area (Å²) in [5, 5.41) is 3.35. The first-order chi connectivity index (χ1) is 9.74. The number of rotatable bonds is 4. The molecule has 0 atom stereocenters. The van der Waals surface area contributed by atoms with Crippen molar-refractivity contribution in [1.82, 2.24) is 15.0 Å². The molecular formula is C15H16N4O. The molecule has 0 aliphatic rings. The van der Waals surface area contributed by atoms with Crippen LogP contribution in [0, 0.1) is 6.92 Å². The first kappa shape index (κ1) is 12.5. The minimum atomic E-state index is 0.629. The number of aromatic amines is 1. The van der Waals surface area contributed by atoms with Gasteiger partial charge in [-0.1, -0.05) is 6.07 Å². The fourth-order valence-electron chi connectivity index (χ4n) is 2.11. The Bertz CT molecular complexity index is 736. The highest BCUT2D eigenvalue weighted by atomic mass is 16.5. The number of nitrogens with one attached hydrogen (secondary N) is 2. The highest BCUT2D eigenvalue weighted by Gasteiger charge is 2.02. The van der Waals surface area contributed by atoms with E-state index >= 15 is 0 Å². The van der Waals surface area contributed by atoms with Crippen LogP contribution in [0.5, 0.6) is 5.88 Å². The molecule has 0 fully saturated rings. The maximum Gasteiger partial charge on any atom is 0.213 e. The zero-order valence-electron chi connectivity index (χ0n) is 11.5. The van der Waals surface area contributed by atoms with E-state index in [9.17, 15) is 0 Å². The number of aromatic nitrogens is 3. The zero-order chi connectivity index (χ0) is 13.9. The molecule has 0 aliphatic carbocycles. The monoisotopic (exact) mass is 268 g/mol. The predicted octanol–water partition coefficient (Wildman–Crippen LogP) is 2.89. The van der Waals surface area contributed by atoms with Gasteiger partial charge < -0.3 is 15.0 Å². The minimum Gasteiger partial charge on any atom is -0.481 e. The van der Waals surface area contributed by atoms with Crippen LogP contribution in [-0.4, -0.2) is 22.1 Å². The summed E-state index contributed by atoms with van der Waals surface area (Å²) in [6.07, 6.45) is 0. The third-order valence-electron chi connectivity index (χ3n) is 3.06. The molecule has 2 heterocycles. The quantitative estimate of drug-likeness (QED) is 0.763. The smallest absolute Gasteiger partial charge is 0.213 e. The first-order valence-electron chi connectivity index (χ1n) is 6.45. The molecule has 5 heteroatoms. The molecule has 0 spiro atoms. The van der Waals surface area contributed by atoms with Crippen molar-refractivity contribution in [3.63, 3.8) is 0 Å². The number of anilines is 1. The maximum absolute atomic E-state index is 5.12. The molecule has 1 aromatic carbocycles. The Morgan fingerprint density at radius 2 is 2.10 bits per heavy atom. The van der Waals surface area contributed by atoms with Gasteiger partial charge in [-0.05, 0) is 31.2 Å². The summed E-state index contributed by atoms with van der Waals surface area (Å²) in [5.74, 6) is 1.55. The van der Waals surface area contributed by atoms with Gasteiger partial charge in [0, 0.05) is 11.8 Å². The van der Waals surface area contributed by atoms with Gasteiger partial charge in [0.2, 0.25) is 5.88 Å². The number of hydrogen-bond acceptors (Lipinski definition) is 4. The molecule has 0 saturated heterocycles. The van der Waals surface area contributed by atoms with Crippen molar-refractivity contribution in [3.8, 4) is 5.88 Å². The highest BCUT2D eigenvalue weighted by molar-refractivity contribution is 5.79.